The molecular weight excluding hydrogens is 228 g/mol. The summed E-state index contributed by atoms with van der Waals surface area (Å²) in [6, 6.07) is 0. The van der Waals surface area contributed by atoms with Crippen LogP contribution in [0.3, 0.4) is 0 Å². The zero-order valence-electron chi connectivity index (χ0n) is 7.80. The molecule has 0 saturated heterocycles. The highest BCUT2D eigenvalue weighted by atomic mass is 35.5. The largest absolute Gasteiger partial charge is 0.481 e. The van der Waals surface area contributed by atoms with Gasteiger partial charge in [-0.3, -0.25) is 9.78 Å². The molecule has 82 valence electrons. The monoisotopic (exact) mass is 235 g/mol. The molecule has 0 amide bonds. The first kappa shape index (κ1) is 11.8. The summed E-state index contributed by atoms with van der Waals surface area (Å²) in [4.78, 5) is 14.0. The predicted octanol–water partition coefficient (Wildman–Crippen LogP) is 2.61. The molecule has 0 radical (unpaired) electrons. The maximum Gasteiger partial charge on any atom is 0.307 e. The lowest BCUT2D eigenvalue weighted by atomic mass is 10.1. The van der Waals surface area contributed by atoms with Crippen LogP contribution < -0.4 is 0 Å². The summed E-state index contributed by atoms with van der Waals surface area (Å²) >= 11 is 5.68. The summed E-state index contributed by atoms with van der Waals surface area (Å²) in [5.74, 6) is -1.12. The molecule has 0 unspecified atom stereocenters. The fourth-order valence-electron chi connectivity index (χ4n) is 1.22. The first-order chi connectivity index (χ1) is 6.93. The van der Waals surface area contributed by atoms with Gasteiger partial charge >= 0.3 is 5.97 Å². The highest BCUT2D eigenvalue weighted by Gasteiger charge is 2.18. The zero-order valence-corrected chi connectivity index (χ0v) is 8.55. The first-order valence-corrected chi connectivity index (χ1v) is 4.45. The van der Waals surface area contributed by atoms with Gasteiger partial charge in [-0.25, -0.2) is 8.78 Å². The molecule has 0 bridgehead atoms. The molecule has 3 nitrogen and oxygen atoms in total. The Bertz CT molecular complexity index is 396. The van der Waals surface area contributed by atoms with E-state index in [2.05, 4.69) is 4.98 Å². The molecule has 0 fully saturated rings. The van der Waals surface area contributed by atoms with Crippen LogP contribution in [-0.4, -0.2) is 16.1 Å². The normalized spacial score (nSPS) is 10.7. The van der Waals surface area contributed by atoms with Gasteiger partial charge in [0.15, 0.2) is 0 Å². The third-order valence-electron chi connectivity index (χ3n) is 1.98. The number of pyridine rings is 1. The van der Waals surface area contributed by atoms with Crippen LogP contribution in [0.25, 0.3) is 0 Å². The molecule has 15 heavy (non-hydrogen) atoms. The average molecular weight is 236 g/mol. The molecule has 1 aromatic rings. The molecule has 0 atom stereocenters. The van der Waals surface area contributed by atoms with Crippen LogP contribution in [0.5, 0.6) is 0 Å². The Balaban J connectivity index is 3.23. The molecule has 0 saturated carbocycles. The maximum absolute atomic E-state index is 12.4. The van der Waals surface area contributed by atoms with Crippen molar-refractivity contribution in [1.29, 1.82) is 0 Å². The van der Waals surface area contributed by atoms with E-state index in [4.69, 9.17) is 16.7 Å². The third-order valence-corrected chi connectivity index (χ3v) is 2.30. The van der Waals surface area contributed by atoms with Crippen molar-refractivity contribution in [2.45, 2.75) is 19.8 Å². The lowest BCUT2D eigenvalue weighted by Gasteiger charge is -2.09. The molecule has 1 rings (SSSR count). The third kappa shape index (κ3) is 2.62. The van der Waals surface area contributed by atoms with Crippen molar-refractivity contribution >= 4 is 17.6 Å². The van der Waals surface area contributed by atoms with Crippen molar-refractivity contribution in [3.8, 4) is 0 Å². The van der Waals surface area contributed by atoms with E-state index in [9.17, 15) is 13.6 Å². The minimum Gasteiger partial charge on any atom is -0.481 e. The van der Waals surface area contributed by atoms with Crippen LogP contribution in [0.4, 0.5) is 8.78 Å². The van der Waals surface area contributed by atoms with Gasteiger partial charge in [-0.1, -0.05) is 11.6 Å². The van der Waals surface area contributed by atoms with Crippen molar-refractivity contribution in [3.63, 3.8) is 0 Å². The average Bonchev–Trinajstić information content (AvgIpc) is 2.11. The van der Waals surface area contributed by atoms with Crippen molar-refractivity contribution in [1.82, 2.24) is 4.98 Å². The Labute approximate surface area is 89.7 Å². The SMILES string of the molecule is Cc1c(C(F)F)ncc(Cl)c1CC(=O)O. The number of carboxylic acid groups (broad SMARTS) is 1. The van der Waals surface area contributed by atoms with Crippen molar-refractivity contribution in [2.24, 2.45) is 0 Å². The van der Waals surface area contributed by atoms with E-state index in [-0.39, 0.29) is 22.6 Å². The minimum atomic E-state index is -2.73. The second kappa shape index (κ2) is 4.53. The molecule has 1 N–H and O–H groups in total. The summed E-state index contributed by atoms with van der Waals surface area (Å²) in [6.45, 7) is 1.39. The van der Waals surface area contributed by atoms with Gasteiger partial charge in [-0.15, -0.1) is 0 Å². The second-order valence-electron chi connectivity index (χ2n) is 2.97. The molecule has 0 aromatic carbocycles. The molecule has 0 aliphatic carbocycles. The fourth-order valence-corrected chi connectivity index (χ4v) is 1.48. The molecule has 0 aliphatic rings. The van der Waals surface area contributed by atoms with E-state index in [0.29, 0.717) is 0 Å². The van der Waals surface area contributed by atoms with Crippen LogP contribution in [-0.2, 0) is 11.2 Å². The van der Waals surface area contributed by atoms with Crippen LogP contribution in [0.15, 0.2) is 6.20 Å². The van der Waals surface area contributed by atoms with Crippen molar-refractivity contribution < 1.29 is 18.7 Å². The Morgan fingerprint density at radius 2 is 2.27 bits per heavy atom. The Hall–Kier alpha value is -1.23. The highest BCUT2D eigenvalue weighted by molar-refractivity contribution is 6.31. The summed E-state index contributed by atoms with van der Waals surface area (Å²) in [6.07, 6.45) is -2.06. The highest BCUT2D eigenvalue weighted by Crippen LogP contribution is 2.27. The molecule has 6 heteroatoms. The second-order valence-corrected chi connectivity index (χ2v) is 3.37. The summed E-state index contributed by atoms with van der Waals surface area (Å²) in [5, 5.41) is 8.68. The Morgan fingerprint density at radius 3 is 2.73 bits per heavy atom. The van der Waals surface area contributed by atoms with Gasteiger partial charge in [0.2, 0.25) is 0 Å². The molecule has 0 aliphatic heterocycles. The Morgan fingerprint density at radius 1 is 1.67 bits per heavy atom. The van der Waals surface area contributed by atoms with E-state index in [1.807, 2.05) is 0 Å². The number of aliphatic carboxylic acids is 1. The van der Waals surface area contributed by atoms with Gasteiger partial charge in [-0.2, -0.15) is 0 Å². The number of alkyl halides is 2. The van der Waals surface area contributed by atoms with Gasteiger partial charge in [-0.05, 0) is 18.1 Å². The maximum atomic E-state index is 12.4. The number of carbonyl (C=O) groups is 1. The van der Waals surface area contributed by atoms with E-state index < -0.39 is 18.1 Å². The lowest BCUT2D eigenvalue weighted by Crippen LogP contribution is -2.06. The number of hydrogen-bond acceptors (Lipinski definition) is 2. The number of carboxylic acids is 1. The van der Waals surface area contributed by atoms with E-state index in [1.54, 1.807) is 0 Å². The van der Waals surface area contributed by atoms with Crippen LogP contribution >= 0.6 is 11.6 Å². The smallest absolute Gasteiger partial charge is 0.307 e. The van der Waals surface area contributed by atoms with Crippen molar-refractivity contribution in [3.05, 3.63) is 28.0 Å². The van der Waals surface area contributed by atoms with Gasteiger partial charge in [0, 0.05) is 6.20 Å². The van der Waals surface area contributed by atoms with Gasteiger partial charge in [0.1, 0.15) is 5.69 Å². The Kier molecular flexibility index (Phi) is 3.57. The topological polar surface area (TPSA) is 50.2 Å². The number of halogens is 3. The van der Waals surface area contributed by atoms with E-state index in [0.717, 1.165) is 6.20 Å². The van der Waals surface area contributed by atoms with Crippen molar-refractivity contribution in [2.75, 3.05) is 0 Å². The molecule has 0 spiro atoms. The molecule has 1 aromatic heterocycles. The summed E-state index contributed by atoms with van der Waals surface area (Å²) < 4.78 is 24.8. The minimum absolute atomic E-state index is 0.0966. The summed E-state index contributed by atoms with van der Waals surface area (Å²) in [7, 11) is 0. The van der Waals surface area contributed by atoms with Crippen LogP contribution in [0, 0.1) is 6.92 Å². The summed E-state index contributed by atoms with van der Waals surface area (Å²) in [5.41, 5.74) is -0.0926. The molecular formula is C9H8ClF2NO2. The van der Waals surface area contributed by atoms with Crippen LogP contribution in [0.2, 0.25) is 5.02 Å². The first-order valence-electron chi connectivity index (χ1n) is 4.07. The number of aromatic nitrogens is 1. The zero-order chi connectivity index (χ0) is 11.6. The predicted molar refractivity (Wildman–Crippen MR) is 50.3 cm³/mol. The number of nitrogens with zero attached hydrogens (tertiary/aromatic N) is 1. The van der Waals surface area contributed by atoms with Gasteiger partial charge in [0.05, 0.1) is 11.4 Å². The molecule has 1 heterocycles. The fraction of sp³-hybridized carbons (Fsp3) is 0.333. The van der Waals surface area contributed by atoms with Gasteiger partial charge < -0.3 is 5.11 Å². The standard InChI is InChI=1S/C9H8ClF2NO2/c1-4-5(2-7(14)15)6(10)3-13-8(4)9(11)12/h3,9H,2H2,1H3,(H,14,15). The lowest BCUT2D eigenvalue weighted by molar-refractivity contribution is -0.136. The van der Waals surface area contributed by atoms with Gasteiger partial charge in [0.25, 0.3) is 6.43 Å². The quantitative estimate of drug-likeness (QED) is 0.876. The van der Waals surface area contributed by atoms with Crippen LogP contribution in [0.1, 0.15) is 23.2 Å². The number of hydrogen-bond donors (Lipinski definition) is 1. The van der Waals surface area contributed by atoms with E-state index in [1.165, 1.54) is 6.92 Å². The van der Waals surface area contributed by atoms with E-state index >= 15 is 0 Å². The number of rotatable bonds is 3.